The fourth-order valence-electron chi connectivity index (χ4n) is 0.930. The van der Waals surface area contributed by atoms with Crippen molar-refractivity contribution in [3.63, 3.8) is 0 Å². The molecule has 12 heavy (non-hydrogen) atoms. The highest BCUT2D eigenvalue weighted by Crippen LogP contribution is 2.02. The van der Waals surface area contributed by atoms with Gasteiger partial charge in [0.2, 0.25) is 0 Å². The van der Waals surface area contributed by atoms with E-state index in [0.717, 1.165) is 5.56 Å². The molecule has 1 rings (SSSR count). The SMILES string of the molecule is Cc1cncc(C(=O)N(C)C)c1. The Morgan fingerprint density at radius 2 is 2.08 bits per heavy atom. The lowest BCUT2D eigenvalue weighted by molar-refractivity contribution is 0.0827. The fourth-order valence-corrected chi connectivity index (χ4v) is 0.930. The van der Waals surface area contributed by atoms with E-state index in [1.165, 1.54) is 4.90 Å². The van der Waals surface area contributed by atoms with Gasteiger partial charge in [-0.1, -0.05) is 0 Å². The molecule has 0 radical (unpaired) electrons. The van der Waals surface area contributed by atoms with Gasteiger partial charge >= 0.3 is 0 Å². The van der Waals surface area contributed by atoms with Crippen LogP contribution in [0.5, 0.6) is 0 Å². The minimum Gasteiger partial charge on any atom is -0.345 e. The maximum Gasteiger partial charge on any atom is 0.254 e. The standard InChI is InChI=1S/C9H12N2O/c1-7-4-8(6-10-5-7)9(12)11(2)3/h4-6H,1-3H3. The van der Waals surface area contributed by atoms with E-state index in [9.17, 15) is 4.79 Å². The van der Waals surface area contributed by atoms with Crippen LogP contribution in [-0.4, -0.2) is 29.9 Å². The Morgan fingerprint density at radius 3 is 2.58 bits per heavy atom. The first-order valence-corrected chi connectivity index (χ1v) is 3.74. The van der Waals surface area contributed by atoms with E-state index in [1.54, 1.807) is 26.5 Å². The number of hydrogen-bond donors (Lipinski definition) is 0. The molecule has 0 fully saturated rings. The largest absolute Gasteiger partial charge is 0.345 e. The number of hydrogen-bond acceptors (Lipinski definition) is 2. The molecule has 0 N–H and O–H groups in total. The molecular weight excluding hydrogens is 152 g/mol. The second-order valence-electron chi connectivity index (χ2n) is 2.95. The summed E-state index contributed by atoms with van der Waals surface area (Å²) in [5.74, 6) is -0.00815. The maximum atomic E-state index is 11.4. The first kappa shape index (κ1) is 8.71. The quantitative estimate of drug-likeness (QED) is 0.622. The highest BCUT2D eigenvalue weighted by atomic mass is 16.2. The van der Waals surface area contributed by atoms with Crippen molar-refractivity contribution in [1.82, 2.24) is 9.88 Å². The number of nitrogens with zero attached hydrogens (tertiary/aromatic N) is 2. The van der Waals surface area contributed by atoms with Gasteiger partial charge < -0.3 is 4.90 Å². The molecule has 0 saturated heterocycles. The Bertz CT molecular complexity index is 294. The molecule has 1 aromatic rings. The molecule has 0 aromatic carbocycles. The molecule has 3 heteroatoms. The van der Waals surface area contributed by atoms with Gasteiger partial charge in [-0.25, -0.2) is 0 Å². The Balaban J connectivity index is 2.96. The zero-order valence-corrected chi connectivity index (χ0v) is 7.53. The molecule has 0 aliphatic rings. The van der Waals surface area contributed by atoms with E-state index in [1.807, 2.05) is 13.0 Å². The first-order chi connectivity index (χ1) is 5.61. The summed E-state index contributed by atoms with van der Waals surface area (Å²) in [4.78, 5) is 16.9. The number of aromatic nitrogens is 1. The molecule has 1 heterocycles. The van der Waals surface area contributed by atoms with Crippen molar-refractivity contribution in [2.75, 3.05) is 14.1 Å². The number of pyridine rings is 1. The zero-order valence-electron chi connectivity index (χ0n) is 7.53. The molecule has 0 saturated carbocycles. The van der Waals surface area contributed by atoms with Crippen molar-refractivity contribution in [2.24, 2.45) is 0 Å². The van der Waals surface area contributed by atoms with Crippen LogP contribution < -0.4 is 0 Å². The summed E-state index contributed by atoms with van der Waals surface area (Å²) in [6.07, 6.45) is 3.31. The lowest BCUT2D eigenvalue weighted by atomic mass is 10.2. The van der Waals surface area contributed by atoms with Crippen molar-refractivity contribution in [3.8, 4) is 0 Å². The predicted molar refractivity (Wildman–Crippen MR) is 47.0 cm³/mol. The van der Waals surface area contributed by atoms with E-state index in [0.29, 0.717) is 5.56 Å². The summed E-state index contributed by atoms with van der Waals surface area (Å²) < 4.78 is 0. The number of carbonyl (C=O) groups excluding carboxylic acids is 1. The summed E-state index contributed by atoms with van der Waals surface area (Å²) >= 11 is 0. The molecule has 0 unspecified atom stereocenters. The van der Waals surface area contributed by atoms with E-state index in [2.05, 4.69) is 4.98 Å². The average molecular weight is 164 g/mol. The smallest absolute Gasteiger partial charge is 0.254 e. The Kier molecular flexibility index (Phi) is 2.43. The lowest BCUT2D eigenvalue weighted by Gasteiger charge is -2.09. The molecule has 0 atom stereocenters. The van der Waals surface area contributed by atoms with Crippen molar-refractivity contribution in [1.29, 1.82) is 0 Å². The minimum absolute atomic E-state index is 0.00815. The number of rotatable bonds is 1. The maximum absolute atomic E-state index is 11.4. The van der Waals surface area contributed by atoms with Crippen molar-refractivity contribution in [2.45, 2.75) is 6.92 Å². The van der Waals surface area contributed by atoms with Crippen LogP contribution in [0.1, 0.15) is 15.9 Å². The second-order valence-corrected chi connectivity index (χ2v) is 2.95. The Labute approximate surface area is 72.0 Å². The van der Waals surface area contributed by atoms with Crippen LogP contribution in [0.4, 0.5) is 0 Å². The monoisotopic (exact) mass is 164 g/mol. The van der Waals surface area contributed by atoms with Crippen LogP contribution in [0, 0.1) is 6.92 Å². The van der Waals surface area contributed by atoms with Crippen molar-refractivity contribution in [3.05, 3.63) is 29.6 Å². The topological polar surface area (TPSA) is 33.2 Å². The van der Waals surface area contributed by atoms with Crippen LogP contribution in [0.15, 0.2) is 18.5 Å². The van der Waals surface area contributed by atoms with Crippen LogP contribution in [0.25, 0.3) is 0 Å². The van der Waals surface area contributed by atoms with E-state index in [4.69, 9.17) is 0 Å². The summed E-state index contributed by atoms with van der Waals surface area (Å²) in [6.45, 7) is 1.92. The first-order valence-electron chi connectivity index (χ1n) is 3.74. The molecule has 0 aliphatic carbocycles. The summed E-state index contributed by atoms with van der Waals surface area (Å²) in [7, 11) is 3.45. The van der Waals surface area contributed by atoms with E-state index >= 15 is 0 Å². The fraction of sp³-hybridized carbons (Fsp3) is 0.333. The van der Waals surface area contributed by atoms with E-state index < -0.39 is 0 Å². The molecule has 1 aromatic heterocycles. The van der Waals surface area contributed by atoms with Crippen molar-refractivity contribution < 1.29 is 4.79 Å². The Hall–Kier alpha value is -1.38. The van der Waals surface area contributed by atoms with Gasteiger partial charge in [-0.05, 0) is 18.6 Å². The van der Waals surface area contributed by atoms with Gasteiger partial charge in [0.15, 0.2) is 0 Å². The third-order valence-electron chi connectivity index (χ3n) is 1.53. The van der Waals surface area contributed by atoms with Gasteiger partial charge in [-0.2, -0.15) is 0 Å². The summed E-state index contributed by atoms with van der Waals surface area (Å²) in [5.41, 5.74) is 1.64. The molecule has 0 bridgehead atoms. The van der Waals surface area contributed by atoms with Gasteiger partial charge in [0.25, 0.3) is 5.91 Å². The van der Waals surface area contributed by atoms with Gasteiger partial charge in [-0.3, -0.25) is 9.78 Å². The van der Waals surface area contributed by atoms with Gasteiger partial charge in [0, 0.05) is 26.5 Å². The molecule has 64 valence electrons. The Morgan fingerprint density at radius 1 is 1.42 bits per heavy atom. The van der Waals surface area contributed by atoms with Crippen molar-refractivity contribution >= 4 is 5.91 Å². The third kappa shape index (κ3) is 1.81. The highest BCUT2D eigenvalue weighted by molar-refractivity contribution is 5.93. The normalized spacial score (nSPS) is 9.58. The molecule has 3 nitrogen and oxygen atoms in total. The third-order valence-corrected chi connectivity index (χ3v) is 1.53. The number of carbonyl (C=O) groups is 1. The number of aryl methyl sites for hydroxylation is 1. The van der Waals surface area contributed by atoms with Gasteiger partial charge in [0.05, 0.1) is 5.56 Å². The molecule has 0 spiro atoms. The van der Waals surface area contributed by atoms with Gasteiger partial charge in [0.1, 0.15) is 0 Å². The molecule has 0 aliphatic heterocycles. The van der Waals surface area contributed by atoms with E-state index in [-0.39, 0.29) is 5.91 Å². The van der Waals surface area contributed by atoms with Gasteiger partial charge in [-0.15, -0.1) is 0 Å². The predicted octanol–water partition coefficient (Wildman–Crippen LogP) is 1.09. The zero-order chi connectivity index (χ0) is 9.14. The average Bonchev–Trinajstić information content (AvgIpc) is 2.03. The van der Waals surface area contributed by atoms with Crippen LogP contribution in [-0.2, 0) is 0 Å². The summed E-state index contributed by atoms with van der Waals surface area (Å²) in [6, 6.07) is 1.83. The minimum atomic E-state index is -0.00815. The lowest BCUT2D eigenvalue weighted by Crippen LogP contribution is -2.21. The molecule has 1 amide bonds. The molecular formula is C9H12N2O. The van der Waals surface area contributed by atoms with Crippen LogP contribution >= 0.6 is 0 Å². The summed E-state index contributed by atoms with van der Waals surface area (Å²) in [5, 5.41) is 0. The number of amides is 1. The highest BCUT2D eigenvalue weighted by Gasteiger charge is 2.06. The van der Waals surface area contributed by atoms with Crippen LogP contribution in [0.3, 0.4) is 0 Å². The second kappa shape index (κ2) is 3.34. The van der Waals surface area contributed by atoms with Crippen LogP contribution in [0.2, 0.25) is 0 Å².